The fourth-order valence-corrected chi connectivity index (χ4v) is 3.84. The monoisotopic (exact) mass is 354 g/mol. The van der Waals surface area contributed by atoms with Crippen LogP contribution in [0.15, 0.2) is 29.8 Å². The molecule has 1 N–H and O–H groups in total. The van der Waals surface area contributed by atoms with Crippen LogP contribution in [0.5, 0.6) is 0 Å². The fourth-order valence-electron chi connectivity index (χ4n) is 2.65. The van der Waals surface area contributed by atoms with Crippen molar-refractivity contribution < 1.29 is 13.2 Å². The average Bonchev–Trinajstić information content (AvgIpc) is 3.14. The highest BCUT2D eigenvalue weighted by molar-refractivity contribution is 7.88. The Balaban J connectivity index is 1.73. The van der Waals surface area contributed by atoms with Crippen molar-refractivity contribution >= 4 is 27.3 Å². The third-order valence-corrected chi connectivity index (χ3v) is 5.29. The maximum atomic E-state index is 12.5. The van der Waals surface area contributed by atoms with Gasteiger partial charge in [-0.15, -0.1) is 11.3 Å². The molecule has 3 heterocycles. The van der Waals surface area contributed by atoms with Crippen LogP contribution in [0.25, 0.3) is 0 Å². The summed E-state index contributed by atoms with van der Waals surface area (Å²) in [5, 5.41) is 6.21. The third-order valence-electron chi connectivity index (χ3n) is 3.72. The van der Waals surface area contributed by atoms with E-state index < -0.39 is 10.0 Å². The Morgan fingerprint density at radius 1 is 1.48 bits per heavy atom. The molecule has 1 amide bonds. The Kier molecular flexibility index (Phi) is 4.51. The Labute approximate surface area is 139 Å². The van der Waals surface area contributed by atoms with Crippen molar-refractivity contribution in [3.8, 4) is 0 Å². The Hall–Kier alpha value is -1.71. The van der Waals surface area contributed by atoms with Gasteiger partial charge < -0.3 is 4.90 Å². The fraction of sp³-hybridized carbons (Fsp3) is 0.429. The van der Waals surface area contributed by atoms with E-state index in [0.717, 1.165) is 16.8 Å². The van der Waals surface area contributed by atoms with Gasteiger partial charge in [0.15, 0.2) is 0 Å². The predicted octanol–water partition coefficient (Wildman–Crippen LogP) is 0.620. The average molecular weight is 354 g/mol. The van der Waals surface area contributed by atoms with Crippen molar-refractivity contribution in [3.63, 3.8) is 0 Å². The van der Waals surface area contributed by atoms with E-state index in [0.29, 0.717) is 19.5 Å². The lowest BCUT2D eigenvalue weighted by Gasteiger charge is -2.34. The molecule has 0 saturated heterocycles. The molecule has 0 spiro atoms. The second-order valence-corrected chi connectivity index (χ2v) is 8.44. The molecule has 0 radical (unpaired) electrons. The largest absolute Gasteiger partial charge is 0.334 e. The molecule has 0 aliphatic carbocycles. The Morgan fingerprint density at radius 3 is 3.00 bits per heavy atom. The highest BCUT2D eigenvalue weighted by atomic mass is 32.2. The van der Waals surface area contributed by atoms with Gasteiger partial charge in [0.2, 0.25) is 15.9 Å². The van der Waals surface area contributed by atoms with Crippen molar-refractivity contribution in [2.75, 3.05) is 19.3 Å². The van der Waals surface area contributed by atoms with Crippen LogP contribution in [0.1, 0.15) is 16.6 Å². The molecule has 9 heteroatoms. The van der Waals surface area contributed by atoms with E-state index in [4.69, 9.17) is 0 Å². The van der Waals surface area contributed by atoms with Gasteiger partial charge in [-0.25, -0.2) is 13.1 Å². The van der Waals surface area contributed by atoms with Crippen molar-refractivity contribution in [2.45, 2.75) is 19.0 Å². The smallest absolute Gasteiger partial charge is 0.228 e. The van der Waals surface area contributed by atoms with E-state index in [1.165, 1.54) is 0 Å². The number of aromatic nitrogens is 2. The first-order chi connectivity index (χ1) is 10.9. The first-order valence-electron chi connectivity index (χ1n) is 7.19. The molecular weight excluding hydrogens is 336 g/mol. The zero-order valence-corrected chi connectivity index (χ0v) is 14.3. The lowest BCUT2D eigenvalue weighted by atomic mass is 10.1. The van der Waals surface area contributed by atoms with Gasteiger partial charge in [-0.1, -0.05) is 6.07 Å². The van der Waals surface area contributed by atoms with Crippen LogP contribution < -0.4 is 4.72 Å². The molecule has 0 aromatic carbocycles. The van der Waals surface area contributed by atoms with Crippen LogP contribution >= 0.6 is 11.3 Å². The van der Waals surface area contributed by atoms with Gasteiger partial charge in [0.05, 0.1) is 31.0 Å². The van der Waals surface area contributed by atoms with Crippen molar-refractivity contribution in [2.24, 2.45) is 0 Å². The minimum Gasteiger partial charge on any atom is -0.334 e. The number of hydrogen-bond acceptors (Lipinski definition) is 5. The number of carbonyl (C=O) groups is 1. The van der Waals surface area contributed by atoms with Crippen molar-refractivity contribution in [1.82, 2.24) is 19.4 Å². The molecule has 2 aromatic heterocycles. The minimum absolute atomic E-state index is 0.0456. The quantitative estimate of drug-likeness (QED) is 0.853. The molecule has 2 aromatic rings. The standard InChI is InChI=1S/C14H18N4O3S2/c1-23(20,21)16-8-12-10-17(9-11-4-5-15-18(11)12)14(19)7-13-3-2-6-22-13/h2-6,12,16H,7-10H2,1H3/t12-/m1/s1. The number of carbonyl (C=O) groups excluding carboxylic acids is 1. The van der Waals surface area contributed by atoms with Gasteiger partial charge in [-0.3, -0.25) is 9.48 Å². The molecule has 1 aliphatic heterocycles. The molecule has 1 aliphatic rings. The van der Waals surface area contributed by atoms with Crippen LogP contribution in [0.3, 0.4) is 0 Å². The van der Waals surface area contributed by atoms with Crippen LogP contribution in [-0.2, 0) is 27.8 Å². The second kappa shape index (κ2) is 6.42. The van der Waals surface area contributed by atoms with Gasteiger partial charge in [-0.2, -0.15) is 5.10 Å². The van der Waals surface area contributed by atoms with Crippen molar-refractivity contribution in [3.05, 3.63) is 40.3 Å². The predicted molar refractivity (Wildman–Crippen MR) is 87.6 cm³/mol. The maximum absolute atomic E-state index is 12.5. The summed E-state index contributed by atoms with van der Waals surface area (Å²) in [6, 6.07) is 5.53. The minimum atomic E-state index is -3.28. The zero-order chi connectivity index (χ0) is 16.4. The molecule has 3 rings (SSSR count). The van der Waals surface area contributed by atoms with Gasteiger partial charge in [0.25, 0.3) is 0 Å². The maximum Gasteiger partial charge on any atom is 0.228 e. The summed E-state index contributed by atoms with van der Waals surface area (Å²) >= 11 is 1.56. The molecule has 1 atom stereocenters. The highest BCUT2D eigenvalue weighted by Crippen LogP contribution is 2.21. The van der Waals surface area contributed by atoms with Crippen molar-refractivity contribution in [1.29, 1.82) is 0 Å². The second-order valence-electron chi connectivity index (χ2n) is 5.57. The SMILES string of the molecule is CS(=O)(=O)NC[C@@H]1CN(C(=O)Cc2cccs2)Cc2ccnn21. The van der Waals surface area contributed by atoms with Gasteiger partial charge in [0.1, 0.15) is 0 Å². The van der Waals surface area contributed by atoms with E-state index in [1.807, 2.05) is 23.6 Å². The van der Waals surface area contributed by atoms with Crippen LogP contribution in [-0.4, -0.2) is 48.4 Å². The highest BCUT2D eigenvalue weighted by Gasteiger charge is 2.29. The zero-order valence-electron chi connectivity index (χ0n) is 12.7. The lowest BCUT2D eigenvalue weighted by Crippen LogP contribution is -2.45. The summed E-state index contributed by atoms with van der Waals surface area (Å²) in [7, 11) is -3.28. The topological polar surface area (TPSA) is 84.3 Å². The molecular formula is C14H18N4O3S2. The number of rotatable bonds is 5. The first-order valence-corrected chi connectivity index (χ1v) is 9.96. The van der Waals surface area contributed by atoms with E-state index >= 15 is 0 Å². The summed E-state index contributed by atoms with van der Waals surface area (Å²) in [4.78, 5) is 15.3. The van der Waals surface area contributed by atoms with E-state index in [-0.39, 0.29) is 18.5 Å². The number of nitrogens with zero attached hydrogens (tertiary/aromatic N) is 3. The summed E-state index contributed by atoms with van der Waals surface area (Å²) in [6.45, 7) is 1.16. The van der Waals surface area contributed by atoms with E-state index in [1.54, 1.807) is 27.1 Å². The number of hydrogen-bond donors (Lipinski definition) is 1. The molecule has 7 nitrogen and oxygen atoms in total. The number of fused-ring (bicyclic) bond motifs is 1. The molecule has 124 valence electrons. The van der Waals surface area contributed by atoms with Gasteiger partial charge in [-0.05, 0) is 17.5 Å². The molecule has 0 fully saturated rings. The molecule has 0 bridgehead atoms. The molecule has 23 heavy (non-hydrogen) atoms. The summed E-state index contributed by atoms with van der Waals surface area (Å²) in [5.74, 6) is 0.0456. The molecule has 0 unspecified atom stereocenters. The Bertz CT molecular complexity index is 783. The summed E-state index contributed by atoms with van der Waals surface area (Å²) in [6.07, 6.45) is 3.17. The summed E-state index contributed by atoms with van der Waals surface area (Å²) < 4.78 is 27.0. The normalized spacial score (nSPS) is 18.0. The number of nitrogens with one attached hydrogen (secondary N) is 1. The van der Waals surface area contributed by atoms with Gasteiger partial charge in [0, 0.05) is 24.2 Å². The van der Waals surface area contributed by atoms with Gasteiger partial charge >= 0.3 is 0 Å². The molecule has 0 saturated carbocycles. The number of thiophene rings is 1. The van der Waals surface area contributed by atoms with E-state index in [2.05, 4.69) is 9.82 Å². The number of amides is 1. The summed E-state index contributed by atoms with van der Waals surface area (Å²) in [5.41, 5.74) is 0.913. The third kappa shape index (κ3) is 3.98. The van der Waals surface area contributed by atoms with Crippen LogP contribution in [0, 0.1) is 0 Å². The van der Waals surface area contributed by atoms with Crippen LogP contribution in [0.2, 0.25) is 0 Å². The Morgan fingerprint density at radius 2 is 2.30 bits per heavy atom. The van der Waals surface area contributed by atoms with E-state index in [9.17, 15) is 13.2 Å². The first kappa shape index (κ1) is 16.2. The lowest BCUT2D eigenvalue weighted by molar-refractivity contribution is -0.132. The number of sulfonamides is 1. The van der Waals surface area contributed by atoms with Crippen LogP contribution in [0.4, 0.5) is 0 Å².